The first-order valence-electron chi connectivity index (χ1n) is 7.48. The molecule has 3 nitrogen and oxygen atoms in total. The van der Waals surface area contributed by atoms with Gasteiger partial charge in [-0.3, -0.25) is 0 Å². The van der Waals surface area contributed by atoms with E-state index in [1.165, 1.54) is 24.9 Å². The van der Waals surface area contributed by atoms with Gasteiger partial charge in [-0.05, 0) is 50.7 Å². The molecule has 2 fully saturated rings. The number of benzene rings is 1. The molecule has 2 heterocycles. The highest BCUT2D eigenvalue weighted by atomic mass is 35.5. The Bertz CT molecular complexity index is 491. The van der Waals surface area contributed by atoms with Crippen molar-refractivity contribution in [2.45, 2.75) is 57.2 Å². The molecule has 3 rings (SSSR count). The van der Waals surface area contributed by atoms with Gasteiger partial charge < -0.3 is 15.4 Å². The number of ether oxygens (including phenoxy) is 1. The summed E-state index contributed by atoms with van der Waals surface area (Å²) in [5, 5.41) is 0.768. The summed E-state index contributed by atoms with van der Waals surface area (Å²) < 4.78 is 5.57. The first kappa shape index (κ1) is 14.0. The summed E-state index contributed by atoms with van der Waals surface area (Å²) in [6, 6.07) is 5.56. The minimum atomic E-state index is 0.348. The molecule has 4 heteroatoms. The van der Waals surface area contributed by atoms with Crippen molar-refractivity contribution in [3.63, 3.8) is 0 Å². The zero-order valence-corrected chi connectivity index (χ0v) is 13.0. The molecule has 2 saturated heterocycles. The Morgan fingerprint density at radius 3 is 2.50 bits per heavy atom. The molecule has 0 spiro atoms. The highest BCUT2D eigenvalue weighted by molar-refractivity contribution is 6.31. The van der Waals surface area contributed by atoms with E-state index in [4.69, 9.17) is 22.1 Å². The Balaban J connectivity index is 2.01. The smallest absolute Gasteiger partial charge is 0.143 e. The number of hydrogen-bond donors (Lipinski definition) is 1. The molecule has 0 saturated carbocycles. The lowest BCUT2D eigenvalue weighted by Crippen LogP contribution is -2.55. The molecule has 0 aliphatic carbocycles. The Kier molecular flexibility index (Phi) is 3.83. The van der Waals surface area contributed by atoms with Crippen molar-refractivity contribution in [1.82, 2.24) is 0 Å². The highest BCUT2D eigenvalue weighted by Crippen LogP contribution is 2.42. The van der Waals surface area contributed by atoms with E-state index < -0.39 is 0 Å². The van der Waals surface area contributed by atoms with Gasteiger partial charge in [0.15, 0.2) is 0 Å². The van der Waals surface area contributed by atoms with Crippen molar-refractivity contribution in [3.8, 4) is 5.75 Å². The minimum Gasteiger partial charge on any atom is -0.495 e. The number of hydrogen-bond acceptors (Lipinski definition) is 3. The normalized spacial score (nSPS) is 29.4. The average Bonchev–Trinajstić information content (AvgIpc) is 2.40. The molecule has 2 unspecified atom stereocenters. The standard InChI is InChI=1S/C16H23ClN2O/c1-10-6-15(16(20-2)9-14(10)17)19-12-4-3-5-13(19)8-11(18)7-12/h6,9,11-13H,3-5,7-8,18H2,1-2H3. The maximum Gasteiger partial charge on any atom is 0.143 e. The average molecular weight is 295 g/mol. The second kappa shape index (κ2) is 5.45. The van der Waals surface area contributed by atoms with Crippen LogP contribution < -0.4 is 15.4 Å². The number of nitrogens with two attached hydrogens (primary N) is 1. The van der Waals surface area contributed by atoms with Gasteiger partial charge in [0, 0.05) is 29.2 Å². The molecular weight excluding hydrogens is 272 g/mol. The fraction of sp³-hybridized carbons (Fsp3) is 0.625. The van der Waals surface area contributed by atoms with Crippen molar-refractivity contribution in [2.75, 3.05) is 12.0 Å². The molecule has 1 aromatic rings. The summed E-state index contributed by atoms with van der Waals surface area (Å²) in [4.78, 5) is 2.55. The van der Waals surface area contributed by atoms with Crippen LogP contribution in [0.3, 0.4) is 0 Å². The summed E-state index contributed by atoms with van der Waals surface area (Å²) in [5.41, 5.74) is 8.51. The van der Waals surface area contributed by atoms with Gasteiger partial charge in [0.05, 0.1) is 12.8 Å². The van der Waals surface area contributed by atoms with Crippen LogP contribution in [0.15, 0.2) is 12.1 Å². The van der Waals surface area contributed by atoms with E-state index in [9.17, 15) is 0 Å². The van der Waals surface area contributed by atoms with Gasteiger partial charge in [-0.2, -0.15) is 0 Å². The van der Waals surface area contributed by atoms with Crippen molar-refractivity contribution in [3.05, 3.63) is 22.7 Å². The van der Waals surface area contributed by atoms with E-state index in [0.717, 1.165) is 29.2 Å². The molecule has 2 N–H and O–H groups in total. The van der Waals surface area contributed by atoms with Gasteiger partial charge in [-0.15, -0.1) is 0 Å². The van der Waals surface area contributed by atoms with Gasteiger partial charge in [0.25, 0.3) is 0 Å². The summed E-state index contributed by atoms with van der Waals surface area (Å²) >= 11 is 6.23. The van der Waals surface area contributed by atoms with Gasteiger partial charge in [-0.1, -0.05) is 11.6 Å². The quantitative estimate of drug-likeness (QED) is 0.907. The molecule has 2 aliphatic heterocycles. The van der Waals surface area contributed by atoms with Crippen LogP contribution >= 0.6 is 11.6 Å². The van der Waals surface area contributed by atoms with E-state index in [0.29, 0.717) is 18.1 Å². The number of halogens is 1. The Hall–Kier alpha value is -0.930. The third-order valence-electron chi connectivity index (χ3n) is 4.75. The Morgan fingerprint density at radius 1 is 1.25 bits per heavy atom. The molecule has 110 valence electrons. The molecule has 2 atom stereocenters. The number of aryl methyl sites for hydroxylation is 1. The second-order valence-corrected chi connectivity index (χ2v) is 6.56. The fourth-order valence-electron chi connectivity index (χ4n) is 3.83. The van der Waals surface area contributed by atoms with Crippen molar-refractivity contribution in [1.29, 1.82) is 0 Å². The molecule has 2 bridgehead atoms. The SMILES string of the molecule is COc1cc(Cl)c(C)cc1N1C2CCCC1CC(N)C2. The number of rotatable bonds is 2. The zero-order valence-electron chi connectivity index (χ0n) is 12.2. The third kappa shape index (κ3) is 2.38. The van der Waals surface area contributed by atoms with Crippen LogP contribution in [0.5, 0.6) is 5.75 Å². The van der Waals surface area contributed by atoms with E-state index >= 15 is 0 Å². The predicted octanol–water partition coefficient (Wildman–Crippen LogP) is 3.51. The number of methoxy groups -OCH3 is 1. The fourth-order valence-corrected chi connectivity index (χ4v) is 3.98. The van der Waals surface area contributed by atoms with Gasteiger partial charge in [0.2, 0.25) is 0 Å². The molecule has 0 radical (unpaired) electrons. The maximum atomic E-state index is 6.23. The molecule has 2 aliphatic rings. The summed E-state index contributed by atoms with van der Waals surface area (Å²) in [6.07, 6.45) is 5.94. The van der Waals surface area contributed by atoms with Crippen LogP contribution in [0.2, 0.25) is 5.02 Å². The highest BCUT2D eigenvalue weighted by Gasteiger charge is 2.38. The van der Waals surface area contributed by atoms with Crippen molar-refractivity contribution in [2.24, 2.45) is 5.73 Å². The molecule has 1 aromatic carbocycles. The van der Waals surface area contributed by atoms with Crippen molar-refractivity contribution < 1.29 is 4.74 Å². The van der Waals surface area contributed by atoms with Gasteiger partial charge in [-0.25, -0.2) is 0 Å². The van der Waals surface area contributed by atoms with E-state index in [1.807, 2.05) is 6.07 Å². The monoisotopic (exact) mass is 294 g/mol. The summed E-state index contributed by atoms with van der Waals surface area (Å²) in [7, 11) is 1.72. The largest absolute Gasteiger partial charge is 0.495 e. The van der Waals surface area contributed by atoms with Crippen molar-refractivity contribution >= 4 is 17.3 Å². The lowest BCUT2D eigenvalue weighted by molar-refractivity contribution is 0.268. The van der Waals surface area contributed by atoms with E-state index in [-0.39, 0.29) is 0 Å². The lowest BCUT2D eigenvalue weighted by Gasteiger charge is -2.50. The van der Waals surface area contributed by atoms with Crippen LogP contribution in [-0.2, 0) is 0 Å². The molecule has 0 aromatic heterocycles. The third-order valence-corrected chi connectivity index (χ3v) is 5.16. The van der Waals surface area contributed by atoms with E-state index in [2.05, 4.69) is 17.9 Å². The molecule has 20 heavy (non-hydrogen) atoms. The number of nitrogens with zero attached hydrogens (tertiary/aromatic N) is 1. The Morgan fingerprint density at radius 2 is 1.90 bits per heavy atom. The maximum absolute atomic E-state index is 6.23. The number of fused-ring (bicyclic) bond motifs is 2. The molecule has 0 amide bonds. The second-order valence-electron chi connectivity index (χ2n) is 6.15. The van der Waals surface area contributed by atoms with Crippen LogP contribution in [0.25, 0.3) is 0 Å². The first-order valence-corrected chi connectivity index (χ1v) is 7.86. The van der Waals surface area contributed by atoms with Gasteiger partial charge >= 0.3 is 0 Å². The predicted molar refractivity (Wildman–Crippen MR) is 83.9 cm³/mol. The zero-order chi connectivity index (χ0) is 14.3. The van der Waals surface area contributed by atoms with Gasteiger partial charge in [0.1, 0.15) is 5.75 Å². The minimum absolute atomic E-state index is 0.348. The Labute approximate surface area is 126 Å². The van der Waals surface area contributed by atoms with Crippen LogP contribution in [-0.4, -0.2) is 25.2 Å². The van der Waals surface area contributed by atoms with Crippen LogP contribution in [0.4, 0.5) is 5.69 Å². The first-order chi connectivity index (χ1) is 9.60. The van der Waals surface area contributed by atoms with E-state index in [1.54, 1.807) is 7.11 Å². The lowest BCUT2D eigenvalue weighted by atomic mass is 9.81. The summed E-state index contributed by atoms with van der Waals surface area (Å²) in [6.45, 7) is 2.05. The topological polar surface area (TPSA) is 38.5 Å². The van der Waals surface area contributed by atoms with Crippen LogP contribution in [0, 0.1) is 6.92 Å². The summed E-state index contributed by atoms with van der Waals surface area (Å²) in [5.74, 6) is 0.882. The number of anilines is 1. The number of piperidine rings is 2. The molecular formula is C16H23ClN2O. The van der Waals surface area contributed by atoms with Crippen LogP contribution in [0.1, 0.15) is 37.7 Å².